The van der Waals surface area contributed by atoms with Gasteiger partial charge >= 0.3 is 0 Å². The van der Waals surface area contributed by atoms with E-state index in [9.17, 15) is 0 Å². The fourth-order valence-electron chi connectivity index (χ4n) is 2.73. The molecule has 0 radical (unpaired) electrons. The van der Waals surface area contributed by atoms with Gasteiger partial charge in [-0.05, 0) is 52.0 Å². The summed E-state index contributed by atoms with van der Waals surface area (Å²) in [5.41, 5.74) is 2.82. The summed E-state index contributed by atoms with van der Waals surface area (Å²) in [5, 5.41) is 3.58. The van der Waals surface area contributed by atoms with Crippen molar-refractivity contribution in [2.75, 3.05) is 18.0 Å². The number of pyridine rings is 1. The Balaban J connectivity index is 2.10. The van der Waals surface area contributed by atoms with Gasteiger partial charge in [0.2, 0.25) is 0 Å². The second kappa shape index (κ2) is 6.57. The minimum absolute atomic E-state index is 0.139. The van der Waals surface area contributed by atoms with Gasteiger partial charge in [-0.25, -0.2) is 0 Å². The Hall–Kier alpha value is -1.09. The summed E-state index contributed by atoms with van der Waals surface area (Å²) in [7, 11) is 0. The Bertz CT molecular complexity index is 422. The van der Waals surface area contributed by atoms with Crippen LogP contribution in [0.15, 0.2) is 18.5 Å². The zero-order valence-electron chi connectivity index (χ0n) is 13.4. The van der Waals surface area contributed by atoms with Crippen molar-refractivity contribution in [1.82, 2.24) is 10.3 Å². The van der Waals surface area contributed by atoms with Crippen LogP contribution in [-0.2, 0) is 6.54 Å². The van der Waals surface area contributed by atoms with Crippen LogP contribution in [0.1, 0.15) is 52.5 Å². The maximum atomic E-state index is 4.31. The molecule has 0 aliphatic carbocycles. The molecule has 20 heavy (non-hydrogen) atoms. The predicted molar refractivity (Wildman–Crippen MR) is 86.1 cm³/mol. The second-order valence-corrected chi connectivity index (χ2v) is 7.13. The van der Waals surface area contributed by atoms with Gasteiger partial charge in [-0.15, -0.1) is 0 Å². The number of rotatable bonds is 3. The Labute approximate surface area is 123 Å². The highest BCUT2D eigenvalue weighted by Gasteiger charge is 2.17. The summed E-state index contributed by atoms with van der Waals surface area (Å²) in [6, 6.07) is 2.18. The van der Waals surface area contributed by atoms with Gasteiger partial charge in [0, 0.05) is 48.8 Å². The normalized spacial score (nSPS) is 20.8. The van der Waals surface area contributed by atoms with Crippen LogP contribution in [0.25, 0.3) is 0 Å². The average Bonchev–Trinajstić information content (AvgIpc) is 2.61. The van der Waals surface area contributed by atoms with E-state index in [1.807, 2.05) is 12.4 Å². The van der Waals surface area contributed by atoms with Gasteiger partial charge in [-0.3, -0.25) is 4.98 Å². The summed E-state index contributed by atoms with van der Waals surface area (Å²) in [4.78, 5) is 6.86. The van der Waals surface area contributed by atoms with Gasteiger partial charge in [0.1, 0.15) is 0 Å². The van der Waals surface area contributed by atoms with E-state index >= 15 is 0 Å². The predicted octanol–water partition coefficient (Wildman–Crippen LogP) is 3.60. The lowest BCUT2D eigenvalue weighted by Gasteiger charge is -2.27. The van der Waals surface area contributed by atoms with E-state index in [0.717, 1.165) is 12.5 Å². The summed E-state index contributed by atoms with van der Waals surface area (Å²) >= 11 is 0. The molecule has 0 bridgehead atoms. The van der Waals surface area contributed by atoms with Crippen molar-refractivity contribution in [2.24, 2.45) is 5.92 Å². The average molecular weight is 275 g/mol. The quantitative estimate of drug-likeness (QED) is 0.913. The van der Waals surface area contributed by atoms with E-state index < -0.39 is 0 Å². The maximum Gasteiger partial charge on any atom is 0.0442 e. The lowest BCUT2D eigenvalue weighted by atomic mass is 10.0. The molecule has 0 aromatic carbocycles. The first-order chi connectivity index (χ1) is 9.46. The first-order valence-electron chi connectivity index (χ1n) is 7.88. The van der Waals surface area contributed by atoms with Crippen LogP contribution in [0.5, 0.6) is 0 Å². The summed E-state index contributed by atoms with van der Waals surface area (Å²) in [6.45, 7) is 12.2. The molecular weight excluding hydrogens is 246 g/mol. The molecule has 3 heteroatoms. The fourth-order valence-corrected chi connectivity index (χ4v) is 2.73. The van der Waals surface area contributed by atoms with Crippen LogP contribution in [0.3, 0.4) is 0 Å². The van der Waals surface area contributed by atoms with Crippen LogP contribution >= 0.6 is 0 Å². The first kappa shape index (κ1) is 15.3. The number of hydrogen-bond acceptors (Lipinski definition) is 3. The first-order valence-corrected chi connectivity index (χ1v) is 7.88. The molecule has 1 unspecified atom stereocenters. The SMILES string of the molecule is CC1CCCN(c2ccncc2CNC(C)(C)C)CC1. The van der Waals surface area contributed by atoms with Gasteiger partial charge in [-0.2, -0.15) is 0 Å². The molecule has 1 aliphatic rings. The van der Waals surface area contributed by atoms with Crippen molar-refractivity contribution in [3.05, 3.63) is 24.0 Å². The third kappa shape index (κ3) is 4.48. The number of nitrogens with one attached hydrogen (secondary N) is 1. The molecule has 1 N–H and O–H groups in total. The van der Waals surface area contributed by atoms with Gasteiger partial charge in [0.15, 0.2) is 0 Å². The molecule has 0 amide bonds. The van der Waals surface area contributed by atoms with E-state index in [0.29, 0.717) is 0 Å². The smallest absolute Gasteiger partial charge is 0.0442 e. The van der Waals surface area contributed by atoms with Crippen molar-refractivity contribution >= 4 is 5.69 Å². The zero-order chi connectivity index (χ0) is 14.6. The molecule has 1 aromatic heterocycles. The largest absolute Gasteiger partial charge is 0.371 e. The van der Waals surface area contributed by atoms with Gasteiger partial charge < -0.3 is 10.2 Å². The molecule has 1 aliphatic heterocycles. The highest BCUT2D eigenvalue weighted by molar-refractivity contribution is 5.52. The molecule has 0 saturated carbocycles. The van der Waals surface area contributed by atoms with E-state index in [1.165, 1.54) is 43.6 Å². The van der Waals surface area contributed by atoms with Crippen molar-refractivity contribution in [1.29, 1.82) is 0 Å². The molecule has 112 valence electrons. The summed E-state index contributed by atoms with van der Waals surface area (Å²) < 4.78 is 0. The lowest BCUT2D eigenvalue weighted by molar-refractivity contribution is 0.424. The molecule has 2 heterocycles. The lowest BCUT2D eigenvalue weighted by Crippen LogP contribution is -2.36. The molecular formula is C17H29N3. The van der Waals surface area contributed by atoms with Crippen LogP contribution < -0.4 is 10.2 Å². The van der Waals surface area contributed by atoms with Gasteiger partial charge in [0.25, 0.3) is 0 Å². The third-order valence-electron chi connectivity index (χ3n) is 4.04. The molecule has 1 aromatic rings. The van der Waals surface area contributed by atoms with E-state index in [1.54, 1.807) is 0 Å². The van der Waals surface area contributed by atoms with Crippen LogP contribution in [0, 0.1) is 5.92 Å². The van der Waals surface area contributed by atoms with Crippen molar-refractivity contribution in [3.63, 3.8) is 0 Å². The molecule has 2 rings (SSSR count). The van der Waals surface area contributed by atoms with Gasteiger partial charge in [-0.1, -0.05) is 6.92 Å². The zero-order valence-corrected chi connectivity index (χ0v) is 13.4. The highest BCUT2D eigenvalue weighted by atomic mass is 15.1. The van der Waals surface area contributed by atoms with Crippen LogP contribution in [0.4, 0.5) is 5.69 Å². The number of aromatic nitrogens is 1. The Morgan fingerprint density at radius 2 is 2.10 bits per heavy atom. The standard InChI is InChI=1S/C17H29N3/c1-14-6-5-10-20(11-8-14)16-7-9-18-12-15(16)13-19-17(2,3)4/h7,9,12,14,19H,5-6,8,10-11,13H2,1-4H3. The molecule has 1 atom stereocenters. The highest BCUT2D eigenvalue weighted by Crippen LogP contribution is 2.25. The number of hydrogen-bond donors (Lipinski definition) is 1. The molecule has 1 fully saturated rings. The van der Waals surface area contributed by atoms with Crippen LogP contribution in [-0.4, -0.2) is 23.6 Å². The third-order valence-corrected chi connectivity index (χ3v) is 4.04. The summed E-state index contributed by atoms with van der Waals surface area (Å²) in [5.74, 6) is 0.859. The molecule has 3 nitrogen and oxygen atoms in total. The minimum atomic E-state index is 0.139. The second-order valence-electron chi connectivity index (χ2n) is 7.13. The van der Waals surface area contributed by atoms with Crippen molar-refractivity contribution in [3.8, 4) is 0 Å². The van der Waals surface area contributed by atoms with E-state index in [2.05, 4.69) is 49.0 Å². The Kier molecular flexibility index (Phi) is 5.03. The summed E-state index contributed by atoms with van der Waals surface area (Å²) in [6.07, 6.45) is 7.90. The number of anilines is 1. The van der Waals surface area contributed by atoms with Gasteiger partial charge in [0.05, 0.1) is 0 Å². The van der Waals surface area contributed by atoms with E-state index in [-0.39, 0.29) is 5.54 Å². The topological polar surface area (TPSA) is 28.2 Å². The van der Waals surface area contributed by atoms with Crippen molar-refractivity contribution in [2.45, 2.75) is 59.0 Å². The Morgan fingerprint density at radius 3 is 2.85 bits per heavy atom. The Morgan fingerprint density at radius 1 is 1.30 bits per heavy atom. The molecule has 0 spiro atoms. The minimum Gasteiger partial charge on any atom is -0.371 e. The monoisotopic (exact) mass is 275 g/mol. The van der Waals surface area contributed by atoms with Crippen LogP contribution in [0.2, 0.25) is 0 Å². The fraction of sp³-hybridized carbons (Fsp3) is 0.706. The van der Waals surface area contributed by atoms with E-state index in [4.69, 9.17) is 0 Å². The molecule has 1 saturated heterocycles. The number of nitrogens with zero attached hydrogens (tertiary/aromatic N) is 2. The van der Waals surface area contributed by atoms with Crippen molar-refractivity contribution < 1.29 is 0 Å². The maximum absolute atomic E-state index is 4.31.